The lowest BCUT2D eigenvalue weighted by Crippen LogP contribution is -2.41. The number of rotatable bonds is 9. The summed E-state index contributed by atoms with van der Waals surface area (Å²) in [6, 6.07) is 11.6. The first kappa shape index (κ1) is 25.1. The van der Waals surface area contributed by atoms with Crippen molar-refractivity contribution < 1.29 is 28.7 Å². The van der Waals surface area contributed by atoms with Gasteiger partial charge in [-0.3, -0.25) is 24.1 Å². The highest BCUT2D eigenvalue weighted by atomic mass is 35.5. The summed E-state index contributed by atoms with van der Waals surface area (Å²) in [6.07, 6.45) is 1.56. The van der Waals surface area contributed by atoms with Crippen molar-refractivity contribution in [2.45, 2.75) is 0 Å². The Bertz CT molecular complexity index is 1130. The van der Waals surface area contributed by atoms with Crippen LogP contribution in [0.2, 0.25) is 5.02 Å². The molecule has 2 aromatic rings. The van der Waals surface area contributed by atoms with E-state index >= 15 is 0 Å². The van der Waals surface area contributed by atoms with Gasteiger partial charge in [-0.1, -0.05) is 29.8 Å². The molecule has 2 N–H and O–H groups in total. The number of hydrogen-bond donors (Lipinski definition) is 2. The molecule has 0 aromatic heterocycles. The van der Waals surface area contributed by atoms with Crippen LogP contribution in [0.15, 0.2) is 47.4 Å². The molecular weight excluding hydrogens is 482 g/mol. The Morgan fingerprint density at radius 3 is 2.38 bits per heavy atom. The van der Waals surface area contributed by atoms with Crippen molar-refractivity contribution in [3.63, 3.8) is 0 Å². The quantitative estimate of drug-likeness (QED) is 0.506. The van der Waals surface area contributed by atoms with E-state index < -0.39 is 23.0 Å². The van der Waals surface area contributed by atoms with Crippen LogP contribution in [0.3, 0.4) is 0 Å². The van der Waals surface area contributed by atoms with Gasteiger partial charge in [0, 0.05) is 29.7 Å². The van der Waals surface area contributed by atoms with Crippen molar-refractivity contribution in [1.82, 2.24) is 15.5 Å². The van der Waals surface area contributed by atoms with Gasteiger partial charge >= 0.3 is 0 Å². The Labute approximate surface area is 205 Å². The van der Waals surface area contributed by atoms with Gasteiger partial charge in [-0.15, -0.1) is 0 Å². The van der Waals surface area contributed by atoms with Crippen molar-refractivity contribution in [3.8, 4) is 11.5 Å². The van der Waals surface area contributed by atoms with Gasteiger partial charge in [-0.25, -0.2) is 0 Å². The van der Waals surface area contributed by atoms with Gasteiger partial charge in [-0.2, -0.15) is 0 Å². The third-order valence-corrected chi connectivity index (χ3v) is 6.00. The molecule has 0 saturated carbocycles. The third kappa shape index (κ3) is 6.30. The Kier molecular flexibility index (Phi) is 8.55. The van der Waals surface area contributed by atoms with Crippen LogP contribution in [0.25, 0.3) is 6.08 Å². The van der Waals surface area contributed by atoms with Crippen LogP contribution < -0.4 is 20.1 Å². The smallest absolute Gasteiger partial charge is 0.293 e. The van der Waals surface area contributed by atoms with E-state index in [2.05, 4.69) is 10.6 Å². The summed E-state index contributed by atoms with van der Waals surface area (Å²) in [4.78, 5) is 50.6. The van der Waals surface area contributed by atoms with E-state index in [1.165, 1.54) is 26.4 Å². The molecule has 1 heterocycles. The molecule has 34 heavy (non-hydrogen) atoms. The molecule has 11 heteroatoms. The van der Waals surface area contributed by atoms with Crippen LogP contribution in [0.4, 0.5) is 4.79 Å². The van der Waals surface area contributed by atoms with Crippen molar-refractivity contribution in [1.29, 1.82) is 0 Å². The Hall–Kier alpha value is -3.50. The largest absolute Gasteiger partial charge is 0.497 e. The van der Waals surface area contributed by atoms with E-state index in [9.17, 15) is 19.2 Å². The van der Waals surface area contributed by atoms with Crippen LogP contribution in [-0.2, 0) is 9.59 Å². The summed E-state index contributed by atoms with van der Waals surface area (Å²) in [5.74, 6) is -0.529. The number of halogens is 1. The lowest BCUT2D eigenvalue weighted by atomic mass is 10.2. The van der Waals surface area contributed by atoms with Crippen LogP contribution in [-0.4, -0.2) is 61.7 Å². The summed E-state index contributed by atoms with van der Waals surface area (Å²) in [5.41, 5.74) is 0.902. The molecule has 1 aliphatic heterocycles. The molecule has 1 fully saturated rings. The summed E-state index contributed by atoms with van der Waals surface area (Å²) >= 11 is 6.92. The normalized spacial score (nSPS) is 14.3. The first-order valence-electron chi connectivity index (χ1n) is 10.1. The molecule has 2 aromatic carbocycles. The fraction of sp³-hybridized carbons (Fsp3) is 0.217. The van der Waals surface area contributed by atoms with E-state index in [1.54, 1.807) is 36.4 Å². The Balaban J connectivity index is 1.48. The molecule has 1 aliphatic rings. The van der Waals surface area contributed by atoms with Gasteiger partial charge in [0.25, 0.3) is 17.1 Å². The molecule has 1 saturated heterocycles. The standard InChI is InChI=1S/C23H22ClN3O6S/c1-32-16-9-15(10-17(12-16)33-2)21(29)26-13-20(28)25-7-8-27-22(30)19(34-23(27)31)11-14-5-3-4-6-18(14)24/h3-6,9-12H,7-8,13H2,1-2H3,(H,25,28)(H,26,29)/b19-11-. The maximum Gasteiger partial charge on any atom is 0.293 e. The Morgan fingerprint density at radius 2 is 1.74 bits per heavy atom. The van der Waals surface area contributed by atoms with Gasteiger partial charge in [0.1, 0.15) is 11.5 Å². The molecule has 9 nitrogen and oxygen atoms in total. The first-order chi connectivity index (χ1) is 16.3. The minimum absolute atomic E-state index is 0.00268. The number of nitrogens with one attached hydrogen (secondary N) is 2. The highest BCUT2D eigenvalue weighted by Crippen LogP contribution is 2.33. The maximum atomic E-state index is 12.6. The van der Waals surface area contributed by atoms with Gasteiger partial charge in [0.15, 0.2) is 0 Å². The van der Waals surface area contributed by atoms with E-state index in [0.29, 0.717) is 22.1 Å². The number of amides is 4. The molecule has 0 bridgehead atoms. The van der Waals surface area contributed by atoms with Crippen LogP contribution in [0.1, 0.15) is 15.9 Å². The predicted octanol–water partition coefficient (Wildman–Crippen LogP) is 2.94. The van der Waals surface area contributed by atoms with Gasteiger partial charge in [0.05, 0.1) is 25.7 Å². The average Bonchev–Trinajstić information content (AvgIpc) is 3.10. The highest BCUT2D eigenvalue weighted by Gasteiger charge is 2.34. The second-order valence-electron chi connectivity index (χ2n) is 6.99. The summed E-state index contributed by atoms with van der Waals surface area (Å²) < 4.78 is 10.3. The van der Waals surface area contributed by atoms with Gasteiger partial charge < -0.3 is 20.1 Å². The first-order valence-corrected chi connectivity index (χ1v) is 11.3. The van der Waals surface area contributed by atoms with Gasteiger partial charge in [-0.05, 0) is 41.6 Å². The number of carbonyl (C=O) groups is 4. The number of thioether (sulfide) groups is 1. The van der Waals surface area contributed by atoms with Gasteiger partial charge in [0.2, 0.25) is 5.91 Å². The number of hydrogen-bond acceptors (Lipinski definition) is 7. The summed E-state index contributed by atoms with van der Waals surface area (Å²) in [6.45, 7) is -0.247. The van der Waals surface area contributed by atoms with Crippen molar-refractivity contribution in [3.05, 3.63) is 63.5 Å². The second-order valence-corrected chi connectivity index (χ2v) is 8.39. The van der Waals surface area contributed by atoms with Crippen molar-refractivity contribution in [2.24, 2.45) is 0 Å². The Morgan fingerprint density at radius 1 is 1.06 bits per heavy atom. The van der Waals surface area contributed by atoms with E-state index in [-0.39, 0.29) is 30.1 Å². The number of ether oxygens (including phenoxy) is 2. The fourth-order valence-corrected chi connectivity index (χ4v) is 4.04. The van der Waals surface area contributed by atoms with Crippen LogP contribution >= 0.6 is 23.4 Å². The molecule has 0 aliphatic carbocycles. The fourth-order valence-electron chi connectivity index (χ4n) is 3.00. The van der Waals surface area contributed by atoms with Crippen LogP contribution in [0, 0.1) is 0 Å². The molecule has 4 amide bonds. The number of methoxy groups -OCH3 is 2. The number of carbonyl (C=O) groups excluding carboxylic acids is 4. The van der Waals surface area contributed by atoms with E-state index in [4.69, 9.17) is 21.1 Å². The van der Waals surface area contributed by atoms with Crippen molar-refractivity contribution >= 4 is 52.4 Å². The second kappa shape index (κ2) is 11.6. The molecular formula is C23H22ClN3O6S. The SMILES string of the molecule is COc1cc(OC)cc(C(=O)NCC(=O)NCCN2C(=O)S/C(=C\c3ccccc3Cl)C2=O)c1. The van der Waals surface area contributed by atoms with E-state index in [0.717, 1.165) is 16.7 Å². The average molecular weight is 504 g/mol. The number of imide groups is 1. The lowest BCUT2D eigenvalue weighted by Gasteiger charge is -2.13. The zero-order valence-electron chi connectivity index (χ0n) is 18.4. The minimum atomic E-state index is -0.483. The molecule has 0 spiro atoms. The molecule has 0 radical (unpaired) electrons. The van der Waals surface area contributed by atoms with Crippen molar-refractivity contribution in [2.75, 3.05) is 33.9 Å². The highest BCUT2D eigenvalue weighted by molar-refractivity contribution is 8.18. The maximum absolute atomic E-state index is 12.6. The summed E-state index contributed by atoms with van der Waals surface area (Å²) in [5, 5.41) is 5.11. The molecule has 178 valence electrons. The van der Waals surface area contributed by atoms with E-state index in [1.807, 2.05) is 0 Å². The molecule has 3 rings (SSSR count). The molecule has 0 unspecified atom stereocenters. The van der Waals surface area contributed by atoms with Crippen LogP contribution in [0.5, 0.6) is 11.5 Å². The zero-order chi connectivity index (χ0) is 24.7. The lowest BCUT2D eigenvalue weighted by molar-refractivity contribution is -0.124. The summed E-state index contributed by atoms with van der Waals surface area (Å²) in [7, 11) is 2.93. The monoisotopic (exact) mass is 503 g/mol. The topological polar surface area (TPSA) is 114 Å². The zero-order valence-corrected chi connectivity index (χ0v) is 20.0. The predicted molar refractivity (Wildman–Crippen MR) is 129 cm³/mol. The number of nitrogens with zero attached hydrogens (tertiary/aromatic N) is 1. The number of benzene rings is 2. The molecule has 0 atom stereocenters. The third-order valence-electron chi connectivity index (χ3n) is 4.75. The minimum Gasteiger partial charge on any atom is -0.497 e.